The maximum absolute atomic E-state index is 10.9. The van der Waals surface area contributed by atoms with Crippen molar-refractivity contribution in [3.8, 4) is 11.5 Å². The molecule has 0 bridgehead atoms. The van der Waals surface area contributed by atoms with Crippen LogP contribution in [0.3, 0.4) is 0 Å². The number of anilines is 2. The molecule has 2 aliphatic heterocycles. The standard InChI is InChI=1S/C41H46Br4Cl2N4O4/c1-41(2,27-17-35(42)39(36(43)18-27)54-25-33(52)23-48-9-13-50(14-10-48)31-7-3-5-29(46)21-31)28-19-37(44)40(38(45)20-28)55-26-34(53)24-49-11-15-51(16-12-49)32-8-4-6-30(47)22-32/h3-8,17-22,33-34,52-53H,9-16,23-26H2,1-2H3. The van der Waals surface area contributed by atoms with Gasteiger partial charge >= 0.3 is 0 Å². The van der Waals surface area contributed by atoms with E-state index in [0.717, 1.165) is 103 Å². The average Bonchev–Trinajstić information content (AvgIpc) is 3.14. The van der Waals surface area contributed by atoms with Gasteiger partial charge in [0.1, 0.15) is 36.9 Å². The van der Waals surface area contributed by atoms with Crippen LogP contribution in [0.5, 0.6) is 11.5 Å². The average molecular weight is 1050 g/mol. The summed E-state index contributed by atoms with van der Waals surface area (Å²) in [5, 5.41) is 23.3. The van der Waals surface area contributed by atoms with Crippen molar-refractivity contribution in [3.05, 3.63) is 112 Å². The van der Waals surface area contributed by atoms with Gasteiger partial charge in [0.15, 0.2) is 0 Å². The van der Waals surface area contributed by atoms with Crippen LogP contribution in [0, 0.1) is 0 Å². The zero-order valence-electron chi connectivity index (χ0n) is 30.8. The van der Waals surface area contributed by atoms with Crippen molar-refractivity contribution in [2.75, 3.05) is 88.5 Å². The van der Waals surface area contributed by atoms with Crippen molar-refractivity contribution in [1.29, 1.82) is 0 Å². The van der Waals surface area contributed by atoms with Crippen molar-refractivity contribution < 1.29 is 19.7 Å². The van der Waals surface area contributed by atoms with E-state index in [4.69, 9.17) is 32.7 Å². The van der Waals surface area contributed by atoms with E-state index in [2.05, 4.69) is 134 Å². The Morgan fingerprint density at radius 2 is 0.927 bits per heavy atom. The van der Waals surface area contributed by atoms with E-state index in [1.807, 2.05) is 36.4 Å². The van der Waals surface area contributed by atoms with Gasteiger partial charge in [-0.15, -0.1) is 0 Å². The fraction of sp³-hybridized carbons (Fsp3) is 0.415. The van der Waals surface area contributed by atoms with E-state index < -0.39 is 17.6 Å². The third-order valence-corrected chi connectivity index (χ3v) is 13.1. The molecule has 4 aromatic rings. The second-order valence-corrected chi connectivity index (χ2v) is 18.9. The summed E-state index contributed by atoms with van der Waals surface area (Å²) in [5.74, 6) is 1.30. The Bertz CT molecular complexity index is 1740. The van der Waals surface area contributed by atoms with E-state index in [1.165, 1.54) is 0 Å². The van der Waals surface area contributed by atoms with E-state index >= 15 is 0 Å². The summed E-state index contributed by atoms with van der Waals surface area (Å²) < 4.78 is 15.5. The number of rotatable bonds is 14. The van der Waals surface area contributed by atoms with Gasteiger partial charge in [-0.2, -0.15) is 0 Å². The van der Waals surface area contributed by atoms with Gasteiger partial charge in [0, 0.05) is 92.3 Å². The number of benzene rings is 4. The molecule has 0 aliphatic carbocycles. The van der Waals surface area contributed by atoms with Crippen molar-refractivity contribution in [2.45, 2.75) is 31.5 Å². The summed E-state index contributed by atoms with van der Waals surface area (Å²) >= 11 is 27.3. The van der Waals surface area contributed by atoms with Gasteiger partial charge < -0.3 is 29.5 Å². The second-order valence-electron chi connectivity index (χ2n) is 14.6. The van der Waals surface area contributed by atoms with E-state index in [-0.39, 0.29) is 13.2 Å². The van der Waals surface area contributed by atoms with Crippen LogP contribution in [0.15, 0.2) is 90.7 Å². The molecule has 2 fully saturated rings. The first kappa shape index (κ1) is 43.0. The fourth-order valence-corrected chi connectivity index (χ4v) is 10.3. The van der Waals surface area contributed by atoms with Crippen LogP contribution in [0.1, 0.15) is 25.0 Å². The highest BCUT2D eigenvalue weighted by Gasteiger charge is 2.28. The molecule has 0 spiro atoms. The lowest BCUT2D eigenvalue weighted by Crippen LogP contribution is -2.49. The number of aliphatic hydroxyl groups excluding tert-OH is 2. The third kappa shape index (κ3) is 11.3. The van der Waals surface area contributed by atoms with Gasteiger partial charge in [0.2, 0.25) is 0 Å². The lowest BCUT2D eigenvalue weighted by molar-refractivity contribution is 0.0657. The highest BCUT2D eigenvalue weighted by Crippen LogP contribution is 2.44. The van der Waals surface area contributed by atoms with Crippen molar-refractivity contribution in [2.24, 2.45) is 0 Å². The summed E-state index contributed by atoms with van der Waals surface area (Å²) in [7, 11) is 0. The normalized spacial score (nSPS) is 17.0. The van der Waals surface area contributed by atoms with Crippen molar-refractivity contribution >= 4 is 98.3 Å². The first-order chi connectivity index (χ1) is 26.3. The van der Waals surface area contributed by atoms with Gasteiger partial charge in [-0.1, -0.05) is 49.2 Å². The lowest BCUT2D eigenvalue weighted by Gasteiger charge is -2.37. The topological polar surface area (TPSA) is 71.9 Å². The molecule has 55 heavy (non-hydrogen) atoms. The Kier molecular flexibility index (Phi) is 15.2. The minimum absolute atomic E-state index is 0.172. The van der Waals surface area contributed by atoms with Gasteiger partial charge in [-0.3, -0.25) is 9.80 Å². The minimum atomic E-state index is -0.639. The zero-order valence-corrected chi connectivity index (χ0v) is 38.7. The highest BCUT2D eigenvalue weighted by molar-refractivity contribution is 9.11. The van der Waals surface area contributed by atoms with Crippen LogP contribution >= 0.6 is 86.9 Å². The number of piperazine rings is 2. The van der Waals surface area contributed by atoms with Crippen LogP contribution in [0.4, 0.5) is 11.4 Å². The molecule has 8 nitrogen and oxygen atoms in total. The smallest absolute Gasteiger partial charge is 0.147 e. The maximum Gasteiger partial charge on any atom is 0.147 e. The first-order valence-corrected chi connectivity index (χ1v) is 22.3. The number of aliphatic hydroxyl groups is 2. The van der Waals surface area contributed by atoms with Gasteiger partial charge in [0.05, 0.1) is 17.9 Å². The Hall–Kier alpha value is -1.58. The zero-order chi connectivity index (χ0) is 39.3. The maximum atomic E-state index is 10.9. The van der Waals surface area contributed by atoms with Crippen LogP contribution in [0.25, 0.3) is 0 Å². The quantitative estimate of drug-likeness (QED) is 0.130. The molecule has 2 atom stereocenters. The first-order valence-electron chi connectivity index (χ1n) is 18.3. The van der Waals surface area contributed by atoms with Crippen LogP contribution in [-0.2, 0) is 5.41 Å². The molecule has 0 saturated carbocycles. The number of ether oxygens (including phenoxy) is 2. The Balaban J connectivity index is 0.992. The molecule has 2 heterocycles. The predicted molar refractivity (Wildman–Crippen MR) is 239 cm³/mol. The third-order valence-electron chi connectivity index (χ3n) is 10.3. The SMILES string of the molecule is CC(C)(c1cc(Br)c(OCC(O)CN2CCN(c3cccc(Cl)c3)CC2)c(Br)c1)c1cc(Br)c(OCC(O)CN2CCN(c3cccc(Cl)c3)CC2)c(Br)c1. The molecule has 2 aliphatic rings. The fourth-order valence-electron chi connectivity index (χ4n) is 7.07. The van der Waals surface area contributed by atoms with Crippen LogP contribution in [-0.4, -0.2) is 111 Å². The predicted octanol–water partition coefficient (Wildman–Crippen LogP) is 9.49. The summed E-state index contributed by atoms with van der Waals surface area (Å²) in [5.41, 5.74) is 3.99. The number of halogens is 6. The van der Waals surface area contributed by atoms with Gasteiger partial charge in [-0.25, -0.2) is 0 Å². The van der Waals surface area contributed by atoms with E-state index in [9.17, 15) is 10.2 Å². The largest absolute Gasteiger partial charge is 0.488 e. The molecule has 0 radical (unpaired) electrons. The lowest BCUT2D eigenvalue weighted by atomic mass is 9.78. The molecule has 6 rings (SSSR count). The summed E-state index contributed by atoms with van der Waals surface area (Å²) in [4.78, 5) is 9.18. The Morgan fingerprint density at radius 1 is 0.582 bits per heavy atom. The Morgan fingerprint density at radius 3 is 1.25 bits per heavy atom. The highest BCUT2D eigenvalue weighted by atomic mass is 79.9. The van der Waals surface area contributed by atoms with Crippen molar-refractivity contribution in [3.63, 3.8) is 0 Å². The number of nitrogens with zero attached hydrogens (tertiary/aromatic N) is 4. The monoisotopic (exact) mass is 1040 g/mol. The molecule has 2 saturated heterocycles. The molecule has 4 aromatic carbocycles. The molecular weight excluding hydrogens is 1000 g/mol. The van der Waals surface area contributed by atoms with Crippen LogP contribution < -0.4 is 19.3 Å². The molecule has 14 heteroatoms. The molecular formula is C41H46Br4Cl2N4O4. The molecule has 296 valence electrons. The van der Waals surface area contributed by atoms with Gasteiger partial charge in [-0.05, 0) is 136 Å². The molecule has 2 N–H and O–H groups in total. The summed E-state index contributed by atoms with van der Waals surface area (Å²) in [6.07, 6.45) is -1.28. The molecule has 0 amide bonds. The van der Waals surface area contributed by atoms with E-state index in [1.54, 1.807) is 0 Å². The minimum Gasteiger partial charge on any atom is -0.488 e. The van der Waals surface area contributed by atoms with Crippen molar-refractivity contribution in [1.82, 2.24) is 9.80 Å². The summed E-state index contributed by atoms with van der Waals surface area (Å²) in [6, 6.07) is 24.2. The number of hydrogen-bond acceptors (Lipinski definition) is 8. The number of hydrogen-bond donors (Lipinski definition) is 2. The number of β-amino-alcohol motifs (C(OH)–C–C–N with tert-alkyl or cyclic N) is 2. The van der Waals surface area contributed by atoms with Gasteiger partial charge in [0.25, 0.3) is 0 Å². The second kappa shape index (κ2) is 19.4. The van der Waals surface area contributed by atoms with Crippen LogP contribution in [0.2, 0.25) is 10.0 Å². The Labute approximate surface area is 368 Å². The molecule has 2 unspecified atom stereocenters. The molecule has 0 aromatic heterocycles. The van der Waals surface area contributed by atoms with E-state index in [0.29, 0.717) is 24.6 Å². The summed E-state index contributed by atoms with van der Waals surface area (Å²) in [6.45, 7) is 12.7.